The first-order valence-electron chi connectivity index (χ1n) is 7.43. The predicted octanol–water partition coefficient (Wildman–Crippen LogP) is 1.57. The molecule has 0 unspecified atom stereocenters. The normalized spacial score (nSPS) is 17.0. The zero-order valence-corrected chi connectivity index (χ0v) is 14.6. The number of anilines is 1. The van der Waals surface area contributed by atoms with E-state index in [0.717, 1.165) is 18.7 Å². The number of carbonyl (C=O) groups excluding carboxylic acids is 1. The number of amides is 1. The van der Waals surface area contributed by atoms with E-state index in [1.807, 2.05) is 25.2 Å². The number of hydrogen-bond donors (Lipinski definition) is 0. The lowest BCUT2D eigenvalue weighted by Crippen LogP contribution is -2.44. The molecule has 0 radical (unpaired) electrons. The molecule has 2 atom stereocenters. The molecule has 1 aromatic rings. The van der Waals surface area contributed by atoms with Crippen LogP contribution in [0, 0.1) is 0 Å². The maximum absolute atomic E-state index is 12.6. The zero-order valence-electron chi connectivity index (χ0n) is 13.8. The highest BCUT2D eigenvalue weighted by Gasteiger charge is 2.29. The van der Waals surface area contributed by atoms with Gasteiger partial charge in [-0.3, -0.25) is 4.79 Å². The van der Waals surface area contributed by atoms with Crippen molar-refractivity contribution in [2.75, 3.05) is 31.8 Å². The third-order valence-corrected chi connectivity index (χ3v) is 6.49. The molecular formula is C16H24N2O3S. The molecule has 0 N–H and O–H groups in total. The molecule has 5 nitrogen and oxygen atoms in total. The van der Waals surface area contributed by atoms with Gasteiger partial charge >= 0.3 is 0 Å². The number of likely N-dealkylation sites (N-methyl/N-ethyl adjacent to an activating group) is 1. The van der Waals surface area contributed by atoms with Gasteiger partial charge in [0.15, 0.2) is 9.84 Å². The highest BCUT2D eigenvalue weighted by molar-refractivity contribution is 7.91. The quantitative estimate of drug-likeness (QED) is 0.844. The van der Waals surface area contributed by atoms with Crippen molar-refractivity contribution in [3.8, 4) is 0 Å². The van der Waals surface area contributed by atoms with E-state index in [2.05, 4.69) is 4.90 Å². The molecule has 0 bridgehead atoms. The van der Waals surface area contributed by atoms with Crippen molar-refractivity contribution in [1.29, 1.82) is 0 Å². The average Bonchev–Trinajstić information content (AvgIpc) is 2.84. The molecule has 1 heterocycles. The average molecular weight is 324 g/mol. The minimum Gasteiger partial charge on any atom is -0.374 e. The van der Waals surface area contributed by atoms with Gasteiger partial charge in [-0.1, -0.05) is 6.07 Å². The number of fused-ring (bicyclic) bond motifs is 1. The van der Waals surface area contributed by atoms with Crippen molar-refractivity contribution in [1.82, 2.24) is 4.90 Å². The Bertz CT molecular complexity index is 685. The van der Waals surface area contributed by atoms with E-state index in [4.69, 9.17) is 0 Å². The van der Waals surface area contributed by atoms with E-state index in [0.29, 0.717) is 5.56 Å². The van der Waals surface area contributed by atoms with Gasteiger partial charge in [-0.25, -0.2) is 8.42 Å². The molecule has 1 amide bonds. The van der Waals surface area contributed by atoms with Gasteiger partial charge in [0.05, 0.1) is 5.25 Å². The van der Waals surface area contributed by atoms with Crippen LogP contribution in [0.15, 0.2) is 18.2 Å². The first-order chi connectivity index (χ1) is 10.1. The second-order valence-electron chi connectivity index (χ2n) is 6.21. The van der Waals surface area contributed by atoms with Gasteiger partial charge in [-0.2, -0.15) is 0 Å². The molecule has 122 valence electrons. The molecule has 0 aromatic heterocycles. The molecule has 0 saturated heterocycles. The lowest BCUT2D eigenvalue weighted by Gasteiger charge is -2.29. The van der Waals surface area contributed by atoms with Crippen LogP contribution in [0.3, 0.4) is 0 Å². The van der Waals surface area contributed by atoms with Crippen LogP contribution in [0.25, 0.3) is 0 Å². The van der Waals surface area contributed by atoms with Crippen LogP contribution in [0.2, 0.25) is 0 Å². The van der Waals surface area contributed by atoms with Crippen LogP contribution < -0.4 is 4.90 Å². The van der Waals surface area contributed by atoms with Crippen molar-refractivity contribution in [2.24, 2.45) is 0 Å². The Kier molecular flexibility index (Phi) is 4.52. The van der Waals surface area contributed by atoms with E-state index in [-0.39, 0.29) is 11.9 Å². The van der Waals surface area contributed by atoms with Crippen LogP contribution in [-0.4, -0.2) is 57.4 Å². The van der Waals surface area contributed by atoms with Gasteiger partial charge in [0.25, 0.3) is 5.91 Å². The smallest absolute Gasteiger partial charge is 0.253 e. The van der Waals surface area contributed by atoms with E-state index in [1.165, 1.54) is 16.7 Å². The monoisotopic (exact) mass is 324 g/mol. The maximum atomic E-state index is 12.6. The van der Waals surface area contributed by atoms with E-state index in [9.17, 15) is 13.2 Å². The number of carbonyl (C=O) groups is 1. The van der Waals surface area contributed by atoms with Gasteiger partial charge in [-0.15, -0.1) is 0 Å². The van der Waals surface area contributed by atoms with Crippen LogP contribution in [0.5, 0.6) is 0 Å². The Balaban J connectivity index is 2.23. The summed E-state index contributed by atoms with van der Waals surface area (Å²) in [7, 11) is 0.487. The van der Waals surface area contributed by atoms with Crippen LogP contribution in [0.1, 0.15) is 29.8 Å². The zero-order chi connectivity index (χ0) is 16.7. The highest BCUT2D eigenvalue weighted by atomic mass is 32.2. The second-order valence-corrected chi connectivity index (χ2v) is 8.61. The Morgan fingerprint density at radius 2 is 1.95 bits per heavy atom. The van der Waals surface area contributed by atoms with Crippen molar-refractivity contribution >= 4 is 21.4 Å². The fourth-order valence-corrected chi connectivity index (χ4v) is 3.63. The molecule has 1 aromatic carbocycles. The van der Waals surface area contributed by atoms with Crippen molar-refractivity contribution in [2.45, 2.75) is 31.6 Å². The first kappa shape index (κ1) is 16.8. The maximum Gasteiger partial charge on any atom is 0.253 e. The Hall–Kier alpha value is -1.56. The number of hydrogen-bond acceptors (Lipinski definition) is 4. The summed E-state index contributed by atoms with van der Waals surface area (Å²) >= 11 is 0. The molecular weight excluding hydrogens is 300 g/mol. The number of sulfone groups is 1. The topological polar surface area (TPSA) is 57.7 Å². The van der Waals surface area contributed by atoms with Crippen LogP contribution in [-0.2, 0) is 16.3 Å². The fourth-order valence-electron chi connectivity index (χ4n) is 2.73. The van der Waals surface area contributed by atoms with Gasteiger partial charge in [0.1, 0.15) is 0 Å². The van der Waals surface area contributed by atoms with Crippen LogP contribution in [0.4, 0.5) is 5.69 Å². The summed E-state index contributed by atoms with van der Waals surface area (Å²) in [6.45, 7) is 4.37. The third-order valence-electron chi connectivity index (χ3n) is 4.75. The largest absolute Gasteiger partial charge is 0.374 e. The fraction of sp³-hybridized carbons (Fsp3) is 0.562. The minimum atomic E-state index is -3.18. The molecule has 0 saturated carbocycles. The summed E-state index contributed by atoms with van der Waals surface area (Å²) in [5.41, 5.74) is 2.94. The summed E-state index contributed by atoms with van der Waals surface area (Å²) in [6, 6.07) is 5.34. The first-order valence-corrected chi connectivity index (χ1v) is 9.38. The van der Waals surface area contributed by atoms with Crippen molar-refractivity contribution in [3.63, 3.8) is 0 Å². The highest BCUT2D eigenvalue weighted by Crippen LogP contribution is 2.28. The summed E-state index contributed by atoms with van der Waals surface area (Å²) in [5.74, 6) is -0.147. The lowest BCUT2D eigenvalue weighted by atomic mass is 10.1. The van der Waals surface area contributed by atoms with Gasteiger partial charge in [0, 0.05) is 44.2 Å². The molecule has 1 aliphatic rings. The molecule has 22 heavy (non-hydrogen) atoms. The molecule has 0 fully saturated rings. The molecule has 1 aliphatic heterocycles. The van der Waals surface area contributed by atoms with Crippen molar-refractivity contribution < 1.29 is 13.2 Å². The van der Waals surface area contributed by atoms with Gasteiger partial charge in [-0.05, 0) is 38.0 Å². The Morgan fingerprint density at radius 3 is 2.55 bits per heavy atom. The van der Waals surface area contributed by atoms with Crippen LogP contribution >= 0.6 is 0 Å². The molecule has 6 heteroatoms. The van der Waals surface area contributed by atoms with E-state index in [1.54, 1.807) is 20.9 Å². The summed E-state index contributed by atoms with van der Waals surface area (Å²) in [4.78, 5) is 16.3. The number of rotatable bonds is 4. The molecule has 2 rings (SSSR count). The van der Waals surface area contributed by atoms with Gasteiger partial charge in [0.2, 0.25) is 0 Å². The van der Waals surface area contributed by atoms with E-state index >= 15 is 0 Å². The SMILES string of the molecule is C[C@H]([C@H](C)S(C)(=O)=O)N(C)C(=O)c1ccc2c(c1)N(C)CC2. The summed E-state index contributed by atoms with van der Waals surface area (Å²) in [5, 5.41) is -0.599. The molecule has 0 spiro atoms. The number of nitrogens with zero attached hydrogens (tertiary/aromatic N) is 2. The lowest BCUT2D eigenvalue weighted by molar-refractivity contribution is 0.0743. The van der Waals surface area contributed by atoms with Gasteiger partial charge < -0.3 is 9.80 Å². The van der Waals surface area contributed by atoms with Crippen molar-refractivity contribution in [3.05, 3.63) is 29.3 Å². The minimum absolute atomic E-state index is 0.147. The standard InChI is InChI=1S/C16H24N2O3S/c1-11(12(2)22(5,20)21)18(4)16(19)14-7-6-13-8-9-17(3)15(13)10-14/h6-7,10-12H,8-9H2,1-5H3/t11-,12+/m1/s1. The number of benzene rings is 1. The summed E-state index contributed by atoms with van der Waals surface area (Å²) in [6.07, 6.45) is 2.20. The summed E-state index contributed by atoms with van der Waals surface area (Å²) < 4.78 is 23.4. The Labute approximate surface area is 132 Å². The second kappa shape index (κ2) is 5.91. The predicted molar refractivity (Wildman–Crippen MR) is 89.3 cm³/mol. The third kappa shape index (κ3) is 3.11. The molecule has 0 aliphatic carbocycles. The Morgan fingerprint density at radius 1 is 1.32 bits per heavy atom. The van der Waals surface area contributed by atoms with E-state index < -0.39 is 15.1 Å².